The summed E-state index contributed by atoms with van der Waals surface area (Å²) in [5.74, 6) is -3.63. The van der Waals surface area contributed by atoms with Crippen molar-refractivity contribution < 1.29 is 23.9 Å². The number of ether oxygens (including phenoxy) is 1. The molecule has 2 fully saturated rings. The largest absolute Gasteiger partial charge is 0.462 e. The van der Waals surface area contributed by atoms with Crippen molar-refractivity contribution >= 4 is 57.6 Å². The first kappa shape index (κ1) is 25.5. The molecule has 4 atom stereocenters. The zero-order chi connectivity index (χ0) is 28.5. The first-order chi connectivity index (χ1) is 19.8. The van der Waals surface area contributed by atoms with Crippen molar-refractivity contribution in [1.29, 1.82) is 0 Å². The number of hydrogen-bond donors (Lipinski definition) is 3. The summed E-state index contributed by atoms with van der Waals surface area (Å²) in [6.07, 6.45) is 2.31. The number of amides is 3. The molecule has 10 heteroatoms. The number of aromatic nitrogens is 1. The molecule has 4 aromatic rings. The molecule has 4 heterocycles. The maximum Gasteiger partial charge on any atom is 0.338 e. The number of carbonyl (C=O) groups excluding carboxylic acids is 4. The first-order valence-electron chi connectivity index (χ1n) is 13.4. The van der Waals surface area contributed by atoms with Crippen LogP contribution in [0.1, 0.15) is 28.4 Å². The average Bonchev–Trinajstić information content (AvgIpc) is 3.68. The van der Waals surface area contributed by atoms with Crippen LogP contribution < -0.4 is 15.5 Å². The van der Waals surface area contributed by atoms with Gasteiger partial charge in [0.2, 0.25) is 17.7 Å². The van der Waals surface area contributed by atoms with Crippen LogP contribution in [0.4, 0.5) is 11.4 Å². The lowest BCUT2D eigenvalue weighted by Crippen LogP contribution is -2.53. The summed E-state index contributed by atoms with van der Waals surface area (Å²) in [6.45, 7) is 1.95. The minimum Gasteiger partial charge on any atom is -0.462 e. The standard InChI is InChI=1S/C31H25ClN4O5/c1-2-41-29(39)16-10-12-18(13-11-16)36-27(37)24-23(14-17-15-33-22-9-4-3-6-19(17)22)35-31(25(24)28(36)38)20-7-5-8-21(32)26(20)34-30(31)40/h3-13,15,23-25,33,35H,2,14H2,1H3,(H,34,40)/t23-,24+,25+,31+/m0/s1. The molecule has 3 amide bonds. The van der Waals surface area contributed by atoms with Gasteiger partial charge in [0.15, 0.2) is 0 Å². The number of anilines is 2. The normalized spacial score (nSPS) is 24.7. The summed E-state index contributed by atoms with van der Waals surface area (Å²) in [7, 11) is 0. The van der Waals surface area contributed by atoms with E-state index in [0.29, 0.717) is 33.9 Å². The van der Waals surface area contributed by atoms with Gasteiger partial charge < -0.3 is 15.0 Å². The Hall–Kier alpha value is -4.47. The Morgan fingerprint density at radius 2 is 1.78 bits per heavy atom. The number of rotatable bonds is 5. The van der Waals surface area contributed by atoms with E-state index in [9.17, 15) is 19.2 Å². The first-order valence-corrected chi connectivity index (χ1v) is 13.8. The summed E-state index contributed by atoms with van der Waals surface area (Å²) in [5, 5.41) is 7.69. The minimum absolute atomic E-state index is 0.230. The molecule has 0 aliphatic carbocycles. The van der Waals surface area contributed by atoms with Gasteiger partial charge in [-0.1, -0.05) is 41.9 Å². The van der Waals surface area contributed by atoms with Crippen molar-refractivity contribution in [3.8, 4) is 0 Å². The van der Waals surface area contributed by atoms with Crippen molar-refractivity contribution in [3.63, 3.8) is 0 Å². The third kappa shape index (κ3) is 3.59. The van der Waals surface area contributed by atoms with Gasteiger partial charge in [0.05, 0.1) is 40.4 Å². The van der Waals surface area contributed by atoms with E-state index >= 15 is 0 Å². The van der Waals surface area contributed by atoms with E-state index in [0.717, 1.165) is 21.4 Å². The quantitative estimate of drug-likeness (QED) is 0.245. The van der Waals surface area contributed by atoms with Crippen LogP contribution in [0.5, 0.6) is 0 Å². The third-order valence-corrected chi connectivity index (χ3v) is 8.77. The van der Waals surface area contributed by atoms with E-state index in [-0.39, 0.29) is 6.61 Å². The molecule has 7 rings (SSSR count). The number of fused-ring (bicyclic) bond motifs is 5. The Morgan fingerprint density at radius 1 is 1.00 bits per heavy atom. The number of H-pyrrole nitrogens is 1. The molecule has 41 heavy (non-hydrogen) atoms. The third-order valence-electron chi connectivity index (χ3n) is 8.45. The zero-order valence-electron chi connectivity index (χ0n) is 21.9. The maximum atomic E-state index is 14.2. The Balaban J connectivity index is 1.33. The predicted octanol–water partition coefficient (Wildman–Crippen LogP) is 4.17. The second-order valence-corrected chi connectivity index (χ2v) is 10.9. The van der Waals surface area contributed by atoms with Gasteiger partial charge in [-0.25, -0.2) is 9.69 Å². The topological polar surface area (TPSA) is 121 Å². The highest BCUT2D eigenvalue weighted by atomic mass is 35.5. The average molecular weight is 569 g/mol. The zero-order valence-corrected chi connectivity index (χ0v) is 22.7. The highest BCUT2D eigenvalue weighted by Gasteiger charge is 2.70. The Bertz CT molecular complexity index is 1770. The molecule has 2 saturated heterocycles. The number of imide groups is 1. The van der Waals surface area contributed by atoms with Crippen molar-refractivity contribution in [3.05, 3.63) is 94.6 Å². The van der Waals surface area contributed by atoms with E-state index in [1.807, 2.05) is 30.5 Å². The lowest BCUT2D eigenvalue weighted by molar-refractivity contribution is -0.130. The molecule has 3 N–H and O–H groups in total. The van der Waals surface area contributed by atoms with Crippen LogP contribution in [0.15, 0.2) is 72.9 Å². The van der Waals surface area contributed by atoms with Crippen molar-refractivity contribution in [2.45, 2.75) is 24.9 Å². The fourth-order valence-corrected chi connectivity index (χ4v) is 6.94. The molecular weight excluding hydrogens is 544 g/mol. The predicted molar refractivity (Wildman–Crippen MR) is 153 cm³/mol. The van der Waals surface area contributed by atoms with Crippen molar-refractivity contribution in [1.82, 2.24) is 10.3 Å². The molecule has 0 saturated carbocycles. The van der Waals surface area contributed by atoms with Crippen molar-refractivity contribution in [2.24, 2.45) is 11.8 Å². The van der Waals surface area contributed by atoms with E-state index in [4.69, 9.17) is 16.3 Å². The Kier molecular flexibility index (Phi) is 5.78. The van der Waals surface area contributed by atoms with Gasteiger partial charge in [-0.05, 0) is 55.3 Å². The highest BCUT2D eigenvalue weighted by Crippen LogP contribution is 2.55. The Morgan fingerprint density at radius 3 is 2.56 bits per heavy atom. The van der Waals surface area contributed by atoms with E-state index in [1.54, 1.807) is 37.3 Å². The number of nitrogens with one attached hydrogen (secondary N) is 3. The fourth-order valence-electron chi connectivity index (χ4n) is 6.72. The van der Waals surface area contributed by atoms with Crippen LogP contribution in [0.2, 0.25) is 5.02 Å². The smallest absolute Gasteiger partial charge is 0.338 e. The van der Waals surface area contributed by atoms with Crippen LogP contribution in [0, 0.1) is 11.8 Å². The van der Waals surface area contributed by atoms with Gasteiger partial charge in [-0.15, -0.1) is 0 Å². The van der Waals surface area contributed by atoms with Gasteiger partial charge in [0, 0.05) is 28.7 Å². The maximum absolute atomic E-state index is 14.2. The Labute approximate surface area is 239 Å². The summed E-state index contributed by atoms with van der Waals surface area (Å²) < 4.78 is 5.06. The second kappa shape index (κ2) is 9.29. The number of para-hydroxylation sites is 2. The van der Waals surface area contributed by atoms with Crippen molar-refractivity contribution in [2.75, 3.05) is 16.8 Å². The number of hydrogen-bond acceptors (Lipinski definition) is 6. The number of esters is 1. The number of aromatic amines is 1. The summed E-state index contributed by atoms with van der Waals surface area (Å²) in [5.41, 5.74) is 2.07. The molecule has 3 aliphatic heterocycles. The van der Waals surface area contributed by atoms with Gasteiger partial charge >= 0.3 is 5.97 Å². The SMILES string of the molecule is CCOC(=O)c1ccc(N2C(=O)[C@@H]3[C@H](Cc4c[nH]c5ccccc45)N[C@@]4(C(=O)Nc5c(Cl)cccc54)[C@H]3C2=O)cc1. The lowest BCUT2D eigenvalue weighted by atomic mass is 9.76. The monoisotopic (exact) mass is 568 g/mol. The minimum atomic E-state index is -1.48. The number of carbonyl (C=O) groups is 4. The molecule has 0 unspecified atom stereocenters. The van der Waals surface area contributed by atoms with Crippen LogP contribution in [-0.4, -0.2) is 41.3 Å². The molecule has 0 bridgehead atoms. The van der Waals surface area contributed by atoms with E-state index < -0.39 is 47.1 Å². The molecule has 1 aromatic heterocycles. The van der Waals surface area contributed by atoms with E-state index in [2.05, 4.69) is 15.6 Å². The second-order valence-electron chi connectivity index (χ2n) is 10.5. The summed E-state index contributed by atoms with van der Waals surface area (Å²) >= 11 is 6.46. The molecule has 3 aliphatic rings. The van der Waals surface area contributed by atoms with Crippen LogP contribution in [0.3, 0.4) is 0 Å². The van der Waals surface area contributed by atoms with Crippen LogP contribution >= 0.6 is 11.6 Å². The number of nitrogens with zero attached hydrogens (tertiary/aromatic N) is 1. The van der Waals surface area contributed by atoms with Gasteiger partial charge in [-0.3, -0.25) is 19.7 Å². The molecule has 206 valence electrons. The molecule has 3 aromatic carbocycles. The highest BCUT2D eigenvalue weighted by molar-refractivity contribution is 6.35. The summed E-state index contributed by atoms with van der Waals surface area (Å²) in [6, 6.07) is 18.7. The van der Waals surface area contributed by atoms with Gasteiger partial charge in [-0.2, -0.15) is 0 Å². The van der Waals surface area contributed by atoms with Crippen LogP contribution in [0.25, 0.3) is 10.9 Å². The number of benzene rings is 3. The molecule has 0 radical (unpaired) electrons. The van der Waals surface area contributed by atoms with Gasteiger partial charge in [0.25, 0.3) is 0 Å². The number of halogens is 1. The summed E-state index contributed by atoms with van der Waals surface area (Å²) in [4.78, 5) is 58.8. The lowest BCUT2D eigenvalue weighted by Gasteiger charge is -2.29. The molecule has 1 spiro atoms. The molecule has 9 nitrogen and oxygen atoms in total. The van der Waals surface area contributed by atoms with Gasteiger partial charge in [0.1, 0.15) is 5.54 Å². The van der Waals surface area contributed by atoms with Crippen LogP contribution in [-0.2, 0) is 31.1 Å². The molecular formula is C31H25ClN4O5. The fraction of sp³-hybridized carbons (Fsp3) is 0.226. The van der Waals surface area contributed by atoms with E-state index in [1.165, 1.54) is 12.1 Å².